The highest BCUT2D eigenvalue weighted by Gasteiger charge is 2.36. The molecule has 1 rings (SSSR count). The minimum absolute atomic E-state index is 0.0574. The number of benzene rings is 1. The minimum atomic E-state index is -0.707. The zero-order valence-electron chi connectivity index (χ0n) is 11.1. The van der Waals surface area contributed by atoms with Crippen molar-refractivity contribution >= 4 is 11.6 Å². The Morgan fingerprint density at radius 1 is 1.39 bits per heavy atom. The molecule has 1 amide bonds. The summed E-state index contributed by atoms with van der Waals surface area (Å²) in [7, 11) is 1.57. The van der Waals surface area contributed by atoms with Crippen LogP contribution in [-0.4, -0.2) is 17.9 Å². The van der Waals surface area contributed by atoms with E-state index in [1.807, 2.05) is 6.92 Å². The van der Waals surface area contributed by atoms with Gasteiger partial charge in [0.1, 0.15) is 0 Å². The summed E-state index contributed by atoms with van der Waals surface area (Å²) in [5, 5.41) is 13.6. The average molecular weight is 250 g/mol. The lowest BCUT2D eigenvalue weighted by Gasteiger charge is -2.29. The second-order valence-corrected chi connectivity index (χ2v) is 4.84. The summed E-state index contributed by atoms with van der Waals surface area (Å²) in [5.74, 6) is -0.382. The number of nitro groups is 1. The molecule has 1 N–H and O–H groups in total. The summed E-state index contributed by atoms with van der Waals surface area (Å²) in [5.41, 5.74) is -0.0704. The number of para-hydroxylation sites is 1. The minimum Gasteiger partial charge on any atom is -0.359 e. The van der Waals surface area contributed by atoms with E-state index in [1.165, 1.54) is 6.07 Å². The molecule has 0 aliphatic carbocycles. The van der Waals surface area contributed by atoms with Gasteiger partial charge in [-0.2, -0.15) is 0 Å². The summed E-state index contributed by atoms with van der Waals surface area (Å²) in [6.45, 7) is 5.40. The first-order chi connectivity index (χ1) is 8.32. The SMILES string of the molecule is CNC(=O)C(C)(C)C(C)c1ccccc1[N+](=O)[O-]. The van der Waals surface area contributed by atoms with Gasteiger partial charge in [-0.15, -0.1) is 0 Å². The standard InChI is InChI=1S/C13H18N2O3/c1-9(13(2,3)12(16)14-4)10-7-5-6-8-11(10)15(17)18/h5-9H,1-4H3,(H,14,16). The molecule has 1 aromatic carbocycles. The van der Waals surface area contributed by atoms with Crippen LogP contribution in [0.3, 0.4) is 0 Å². The zero-order chi connectivity index (χ0) is 13.9. The highest BCUT2D eigenvalue weighted by atomic mass is 16.6. The first-order valence-corrected chi connectivity index (χ1v) is 5.77. The van der Waals surface area contributed by atoms with Crippen molar-refractivity contribution in [3.05, 3.63) is 39.9 Å². The van der Waals surface area contributed by atoms with Crippen LogP contribution in [0.4, 0.5) is 5.69 Å². The number of hydrogen-bond donors (Lipinski definition) is 1. The second-order valence-electron chi connectivity index (χ2n) is 4.84. The van der Waals surface area contributed by atoms with E-state index in [9.17, 15) is 14.9 Å². The van der Waals surface area contributed by atoms with Crippen molar-refractivity contribution in [1.82, 2.24) is 5.32 Å². The van der Waals surface area contributed by atoms with Gasteiger partial charge in [0.25, 0.3) is 5.69 Å². The van der Waals surface area contributed by atoms with Gasteiger partial charge in [0, 0.05) is 24.6 Å². The van der Waals surface area contributed by atoms with Crippen LogP contribution in [0.2, 0.25) is 0 Å². The van der Waals surface area contributed by atoms with Crippen molar-refractivity contribution in [2.24, 2.45) is 5.41 Å². The summed E-state index contributed by atoms with van der Waals surface area (Å²) >= 11 is 0. The smallest absolute Gasteiger partial charge is 0.272 e. The molecule has 0 saturated heterocycles. The normalized spacial score (nSPS) is 12.9. The molecule has 0 fully saturated rings. The molecular formula is C13H18N2O3. The van der Waals surface area contributed by atoms with Gasteiger partial charge < -0.3 is 5.32 Å². The van der Waals surface area contributed by atoms with Crippen molar-refractivity contribution in [3.8, 4) is 0 Å². The Labute approximate surface area is 106 Å². The van der Waals surface area contributed by atoms with Crippen LogP contribution < -0.4 is 5.32 Å². The largest absolute Gasteiger partial charge is 0.359 e. The Kier molecular flexibility index (Phi) is 4.06. The van der Waals surface area contributed by atoms with E-state index in [0.29, 0.717) is 5.56 Å². The maximum absolute atomic E-state index is 11.8. The number of rotatable bonds is 4. The van der Waals surface area contributed by atoms with Gasteiger partial charge in [-0.3, -0.25) is 14.9 Å². The van der Waals surface area contributed by atoms with Gasteiger partial charge in [-0.05, 0) is 0 Å². The lowest BCUT2D eigenvalue weighted by atomic mass is 9.75. The highest BCUT2D eigenvalue weighted by Crippen LogP contribution is 2.39. The Morgan fingerprint density at radius 3 is 2.44 bits per heavy atom. The summed E-state index contributed by atoms with van der Waals surface area (Å²) in [4.78, 5) is 22.4. The van der Waals surface area contributed by atoms with E-state index in [0.717, 1.165) is 0 Å². The topological polar surface area (TPSA) is 72.2 Å². The van der Waals surface area contributed by atoms with E-state index in [2.05, 4.69) is 5.32 Å². The van der Waals surface area contributed by atoms with E-state index < -0.39 is 10.3 Å². The van der Waals surface area contributed by atoms with Gasteiger partial charge in [-0.25, -0.2) is 0 Å². The number of amides is 1. The number of carbonyl (C=O) groups excluding carboxylic acids is 1. The molecule has 0 aliphatic heterocycles. The van der Waals surface area contributed by atoms with Gasteiger partial charge in [0.15, 0.2) is 0 Å². The number of nitro benzene ring substituents is 1. The van der Waals surface area contributed by atoms with Crippen LogP contribution in [-0.2, 0) is 4.79 Å². The van der Waals surface area contributed by atoms with Crippen molar-refractivity contribution < 1.29 is 9.72 Å². The molecule has 1 unspecified atom stereocenters. The fourth-order valence-corrected chi connectivity index (χ4v) is 1.93. The number of nitrogens with one attached hydrogen (secondary N) is 1. The molecule has 0 bridgehead atoms. The molecule has 5 nitrogen and oxygen atoms in total. The Bertz CT molecular complexity index is 469. The predicted octanol–water partition coefficient (Wildman–Crippen LogP) is 2.47. The molecule has 0 aliphatic rings. The van der Waals surface area contributed by atoms with Crippen LogP contribution >= 0.6 is 0 Å². The molecule has 5 heteroatoms. The molecule has 18 heavy (non-hydrogen) atoms. The molecule has 98 valence electrons. The Balaban J connectivity index is 3.22. The lowest BCUT2D eigenvalue weighted by Crippen LogP contribution is -2.38. The maximum Gasteiger partial charge on any atom is 0.272 e. The molecule has 0 radical (unpaired) electrons. The van der Waals surface area contributed by atoms with E-state index in [1.54, 1.807) is 39.1 Å². The van der Waals surface area contributed by atoms with Gasteiger partial charge in [0.2, 0.25) is 5.91 Å². The third-order valence-electron chi connectivity index (χ3n) is 3.49. The van der Waals surface area contributed by atoms with Crippen LogP contribution in [0.5, 0.6) is 0 Å². The maximum atomic E-state index is 11.8. The number of hydrogen-bond acceptors (Lipinski definition) is 3. The van der Waals surface area contributed by atoms with Crippen molar-refractivity contribution in [1.29, 1.82) is 0 Å². The molecular weight excluding hydrogens is 232 g/mol. The Morgan fingerprint density at radius 2 is 1.94 bits per heavy atom. The van der Waals surface area contributed by atoms with Gasteiger partial charge >= 0.3 is 0 Å². The second kappa shape index (κ2) is 5.16. The Hall–Kier alpha value is -1.91. The summed E-state index contributed by atoms with van der Waals surface area (Å²) in [6, 6.07) is 6.54. The van der Waals surface area contributed by atoms with Crippen LogP contribution in [0, 0.1) is 15.5 Å². The molecule has 1 atom stereocenters. The first kappa shape index (κ1) is 14.2. The third kappa shape index (κ3) is 2.50. The molecule has 0 heterocycles. The molecule has 0 saturated carbocycles. The van der Waals surface area contributed by atoms with Crippen LogP contribution in [0.1, 0.15) is 32.3 Å². The van der Waals surface area contributed by atoms with Gasteiger partial charge in [-0.1, -0.05) is 39.0 Å². The van der Waals surface area contributed by atoms with E-state index in [-0.39, 0.29) is 17.5 Å². The fourth-order valence-electron chi connectivity index (χ4n) is 1.93. The zero-order valence-corrected chi connectivity index (χ0v) is 11.1. The fraction of sp³-hybridized carbons (Fsp3) is 0.462. The monoisotopic (exact) mass is 250 g/mol. The van der Waals surface area contributed by atoms with Crippen LogP contribution in [0.15, 0.2) is 24.3 Å². The van der Waals surface area contributed by atoms with E-state index >= 15 is 0 Å². The molecule has 1 aromatic rings. The first-order valence-electron chi connectivity index (χ1n) is 5.77. The van der Waals surface area contributed by atoms with Crippen molar-refractivity contribution in [2.45, 2.75) is 26.7 Å². The highest BCUT2D eigenvalue weighted by molar-refractivity contribution is 5.82. The summed E-state index contributed by atoms with van der Waals surface area (Å²) < 4.78 is 0. The number of nitrogens with zero attached hydrogens (tertiary/aromatic N) is 1. The lowest BCUT2D eigenvalue weighted by molar-refractivity contribution is -0.385. The average Bonchev–Trinajstić information content (AvgIpc) is 2.36. The predicted molar refractivity (Wildman–Crippen MR) is 69.4 cm³/mol. The van der Waals surface area contributed by atoms with E-state index in [4.69, 9.17) is 0 Å². The summed E-state index contributed by atoms with van der Waals surface area (Å²) in [6.07, 6.45) is 0. The van der Waals surface area contributed by atoms with Crippen LogP contribution in [0.25, 0.3) is 0 Å². The van der Waals surface area contributed by atoms with Crippen molar-refractivity contribution in [3.63, 3.8) is 0 Å². The number of carbonyl (C=O) groups is 1. The molecule has 0 aromatic heterocycles. The van der Waals surface area contributed by atoms with Gasteiger partial charge in [0.05, 0.1) is 10.3 Å². The third-order valence-corrected chi connectivity index (χ3v) is 3.49. The molecule has 0 spiro atoms. The van der Waals surface area contributed by atoms with Crippen molar-refractivity contribution in [2.75, 3.05) is 7.05 Å². The quantitative estimate of drug-likeness (QED) is 0.659.